The van der Waals surface area contributed by atoms with Crippen LogP contribution in [0.3, 0.4) is 0 Å². The lowest BCUT2D eigenvalue weighted by Crippen LogP contribution is -2.25. The Morgan fingerprint density at radius 2 is 2.00 bits per heavy atom. The van der Waals surface area contributed by atoms with Crippen molar-refractivity contribution in [3.8, 4) is 11.5 Å². The summed E-state index contributed by atoms with van der Waals surface area (Å²) >= 11 is 0. The molecule has 2 aromatic carbocycles. The lowest BCUT2D eigenvalue weighted by Gasteiger charge is -2.19. The van der Waals surface area contributed by atoms with E-state index in [0.717, 1.165) is 11.3 Å². The third-order valence-corrected chi connectivity index (χ3v) is 3.53. The molecule has 1 aliphatic heterocycles. The van der Waals surface area contributed by atoms with Gasteiger partial charge in [-0.25, -0.2) is 0 Å². The standard InChI is InChI=1S/C16H17NO2/c1-11(12-5-3-2-4-6-12)17-15-10-19-16-9-13(18)7-8-14(15)16/h2-9,11,15,17-18H,10H2,1H3. The van der Waals surface area contributed by atoms with Gasteiger partial charge >= 0.3 is 0 Å². The molecular weight excluding hydrogens is 238 g/mol. The van der Waals surface area contributed by atoms with E-state index in [1.54, 1.807) is 12.1 Å². The van der Waals surface area contributed by atoms with E-state index in [-0.39, 0.29) is 17.8 Å². The Bertz CT molecular complexity index is 568. The van der Waals surface area contributed by atoms with Gasteiger partial charge in [-0.2, -0.15) is 0 Å². The van der Waals surface area contributed by atoms with Crippen molar-refractivity contribution >= 4 is 0 Å². The van der Waals surface area contributed by atoms with Gasteiger partial charge in [0.05, 0.1) is 6.04 Å². The average Bonchev–Trinajstić information content (AvgIpc) is 2.82. The predicted molar refractivity (Wildman–Crippen MR) is 74.3 cm³/mol. The molecule has 0 saturated heterocycles. The van der Waals surface area contributed by atoms with Crippen molar-refractivity contribution in [2.75, 3.05) is 6.61 Å². The molecule has 2 N–H and O–H groups in total. The van der Waals surface area contributed by atoms with E-state index in [1.165, 1.54) is 5.56 Å². The van der Waals surface area contributed by atoms with Crippen molar-refractivity contribution < 1.29 is 9.84 Å². The summed E-state index contributed by atoms with van der Waals surface area (Å²) < 4.78 is 5.61. The highest BCUT2D eigenvalue weighted by Gasteiger charge is 2.25. The van der Waals surface area contributed by atoms with Crippen LogP contribution in [0.4, 0.5) is 0 Å². The Labute approximate surface area is 112 Å². The van der Waals surface area contributed by atoms with Crippen LogP contribution in [0.25, 0.3) is 0 Å². The Morgan fingerprint density at radius 3 is 2.79 bits per heavy atom. The first-order valence-electron chi connectivity index (χ1n) is 6.51. The number of hydrogen-bond donors (Lipinski definition) is 2. The van der Waals surface area contributed by atoms with E-state index in [4.69, 9.17) is 4.74 Å². The molecule has 3 nitrogen and oxygen atoms in total. The molecule has 0 saturated carbocycles. The second kappa shape index (κ2) is 4.94. The fourth-order valence-corrected chi connectivity index (χ4v) is 2.48. The normalized spacial score (nSPS) is 18.7. The number of fused-ring (bicyclic) bond motifs is 1. The Balaban J connectivity index is 1.76. The van der Waals surface area contributed by atoms with Crippen LogP contribution in [0.5, 0.6) is 11.5 Å². The van der Waals surface area contributed by atoms with Gasteiger partial charge in [-0.15, -0.1) is 0 Å². The molecule has 98 valence electrons. The second-order valence-corrected chi connectivity index (χ2v) is 4.88. The summed E-state index contributed by atoms with van der Waals surface area (Å²) in [6.07, 6.45) is 0. The molecule has 3 heteroatoms. The third kappa shape index (κ3) is 2.42. The molecule has 0 aromatic heterocycles. The van der Waals surface area contributed by atoms with Gasteiger partial charge in [0.2, 0.25) is 0 Å². The first-order chi connectivity index (χ1) is 9.24. The van der Waals surface area contributed by atoms with Crippen LogP contribution in [0.2, 0.25) is 0 Å². The van der Waals surface area contributed by atoms with Gasteiger partial charge in [-0.1, -0.05) is 30.3 Å². The molecule has 0 spiro atoms. The Morgan fingerprint density at radius 1 is 1.21 bits per heavy atom. The quantitative estimate of drug-likeness (QED) is 0.885. The summed E-state index contributed by atoms with van der Waals surface area (Å²) in [4.78, 5) is 0. The van der Waals surface area contributed by atoms with Crippen molar-refractivity contribution in [3.63, 3.8) is 0 Å². The van der Waals surface area contributed by atoms with E-state index < -0.39 is 0 Å². The molecule has 0 bridgehead atoms. The number of benzene rings is 2. The van der Waals surface area contributed by atoms with Crippen LogP contribution < -0.4 is 10.1 Å². The minimum atomic E-state index is 0.172. The summed E-state index contributed by atoms with van der Waals surface area (Å²) in [5.74, 6) is 1.02. The number of rotatable bonds is 3. The van der Waals surface area contributed by atoms with Gasteiger partial charge in [0, 0.05) is 17.7 Å². The van der Waals surface area contributed by atoms with Gasteiger partial charge in [-0.3, -0.25) is 0 Å². The number of nitrogens with one attached hydrogen (secondary N) is 1. The summed E-state index contributed by atoms with van der Waals surface area (Å²) in [6, 6.07) is 16.1. The van der Waals surface area contributed by atoms with Crippen molar-refractivity contribution in [2.24, 2.45) is 0 Å². The van der Waals surface area contributed by atoms with Crippen molar-refractivity contribution in [2.45, 2.75) is 19.0 Å². The second-order valence-electron chi connectivity index (χ2n) is 4.88. The number of aromatic hydroxyl groups is 1. The van der Waals surface area contributed by atoms with E-state index in [1.807, 2.05) is 24.3 Å². The van der Waals surface area contributed by atoms with Gasteiger partial charge in [0.1, 0.15) is 18.1 Å². The van der Waals surface area contributed by atoms with Crippen LogP contribution in [-0.4, -0.2) is 11.7 Å². The van der Waals surface area contributed by atoms with Crippen LogP contribution in [-0.2, 0) is 0 Å². The molecule has 1 aliphatic rings. The summed E-state index contributed by atoms with van der Waals surface area (Å²) in [5.41, 5.74) is 2.37. The minimum Gasteiger partial charge on any atom is -0.508 e. The predicted octanol–water partition coefficient (Wildman–Crippen LogP) is 3.18. The lowest BCUT2D eigenvalue weighted by atomic mass is 10.0. The summed E-state index contributed by atoms with van der Waals surface area (Å²) in [6.45, 7) is 2.75. The Kier molecular flexibility index (Phi) is 3.13. The fraction of sp³-hybridized carbons (Fsp3) is 0.250. The lowest BCUT2D eigenvalue weighted by molar-refractivity contribution is 0.300. The molecule has 0 amide bonds. The van der Waals surface area contributed by atoms with Crippen molar-refractivity contribution in [3.05, 3.63) is 59.7 Å². The topological polar surface area (TPSA) is 41.5 Å². The van der Waals surface area contributed by atoms with Crippen LogP contribution >= 0.6 is 0 Å². The van der Waals surface area contributed by atoms with Gasteiger partial charge in [0.25, 0.3) is 0 Å². The SMILES string of the molecule is CC(NC1COc2cc(O)ccc21)c1ccccc1. The van der Waals surface area contributed by atoms with Gasteiger partial charge in [-0.05, 0) is 24.6 Å². The largest absolute Gasteiger partial charge is 0.508 e. The molecule has 19 heavy (non-hydrogen) atoms. The fourth-order valence-electron chi connectivity index (χ4n) is 2.48. The first kappa shape index (κ1) is 12.1. The molecule has 1 heterocycles. The maximum Gasteiger partial charge on any atom is 0.127 e. The highest BCUT2D eigenvalue weighted by Crippen LogP contribution is 2.36. The average molecular weight is 255 g/mol. The van der Waals surface area contributed by atoms with Crippen molar-refractivity contribution in [1.29, 1.82) is 0 Å². The summed E-state index contributed by atoms with van der Waals surface area (Å²) in [5, 5.41) is 13.0. The third-order valence-electron chi connectivity index (χ3n) is 3.53. The molecule has 3 rings (SSSR count). The Hall–Kier alpha value is -2.00. The minimum absolute atomic E-state index is 0.172. The van der Waals surface area contributed by atoms with Gasteiger partial charge < -0.3 is 15.2 Å². The zero-order chi connectivity index (χ0) is 13.2. The molecule has 2 atom stereocenters. The van der Waals surface area contributed by atoms with E-state index in [2.05, 4.69) is 24.4 Å². The van der Waals surface area contributed by atoms with Crippen LogP contribution in [0, 0.1) is 0 Å². The van der Waals surface area contributed by atoms with E-state index in [0.29, 0.717) is 6.61 Å². The number of hydrogen-bond acceptors (Lipinski definition) is 3. The molecular formula is C16H17NO2. The number of ether oxygens (including phenoxy) is 1. The maximum atomic E-state index is 9.44. The smallest absolute Gasteiger partial charge is 0.127 e. The number of phenols is 1. The molecule has 2 unspecified atom stereocenters. The van der Waals surface area contributed by atoms with E-state index >= 15 is 0 Å². The molecule has 0 fully saturated rings. The highest BCUT2D eigenvalue weighted by molar-refractivity contribution is 5.44. The molecule has 2 aromatic rings. The van der Waals surface area contributed by atoms with Crippen LogP contribution in [0.15, 0.2) is 48.5 Å². The van der Waals surface area contributed by atoms with Gasteiger partial charge in [0.15, 0.2) is 0 Å². The van der Waals surface area contributed by atoms with Crippen molar-refractivity contribution in [1.82, 2.24) is 5.32 Å². The molecule has 0 aliphatic carbocycles. The summed E-state index contributed by atoms with van der Waals surface area (Å²) in [7, 11) is 0. The monoisotopic (exact) mass is 255 g/mol. The van der Waals surface area contributed by atoms with E-state index in [9.17, 15) is 5.11 Å². The first-order valence-corrected chi connectivity index (χ1v) is 6.51. The highest BCUT2D eigenvalue weighted by atomic mass is 16.5. The number of phenolic OH excluding ortho intramolecular Hbond substituents is 1. The van der Waals surface area contributed by atoms with Crippen LogP contribution in [0.1, 0.15) is 30.1 Å². The zero-order valence-electron chi connectivity index (χ0n) is 10.8. The maximum absolute atomic E-state index is 9.44. The molecule has 0 radical (unpaired) electrons. The zero-order valence-corrected chi connectivity index (χ0v) is 10.8.